The third kappa shape index (κ3) is 2.55. The zero-order valence-corrected chi connectivity index (χ0v) is 7.77. The number of aromatic nitrogens is 1. The highest BCUT2D eigenvalue weighted by Gasteiger charge is 2.22. The zero-order valence-electron chi connectivity index (χ0n) is 7.77. The number of pyridine rings is 1. The first kappa shape index (κ1) is 9.70. The molecule has 0 aliphatic carbocycles. The van der Waals surface area contributed by atoms with Crippen molar-refractivity contribution in [1.82, 2.24) is 10.3 Å². The van der Waals surface area contributed by atoms with E-state index in [9.17, 15) is 9.18 Å². The second-order valence-corrected chi connectivity index (χ2v) is 3.04. The zero-order chi connectivity index (χ0) is 10.7. The first-order valence-corrected chi connectivity index (χ1v) is 4.43. The molecule has 1 saturated heterocycles. The first-order valence-electron chi connectivity index (χ1n) is 4.43. The first-order chi connectivity index (χ1) is 7.24. The summed E-state index contributed by atoms with van der Waals surface area (Å²) in [5, 5.41) is 2.50. The molecule has 1 aliphatic rings. The summed E-state index contributed by atoms with van der Waals surface area (Å²) in [6.45, 7) is 0.652. The number of ether oxygens (including phenoxy) is 2. The molecule has 1 aliphatic heterocycles. The van der Waals surface area contributed by atoms with Crippen LogP contribution in [0.2, 0.25) is 0 Å². The van der Waals surface area contributed by atoms with Crippen LogP contribution >= 0.6 is 0 Å². The fourth-order valence-electron chi connectivity index (χ4n) is 1.16. The number of cyclic esters (lactones) is 1. The van der Waals surface area contributed by atoms with Crippen molar-refractivity contribution in [1.29, 1.82) is 0 Å². The van der Waals surface area contributed by atoms with Gasteiger partial charge in [0.05, 0.1) is 12.7 Å². The Hall–Kier alpha value is -1.85. The number of alkyl carbamates (subject to hydrolysis) is 1. The van der Waals surface area contributed by atoms with E-state index in [-0.39, 0.29) is 12.7 Å². The molecule has 2 rings (SSSR count). The molecule has 1 amide bonds. The monoisotopic (exact) mass is 212 g/mol. The second-order valence-electron chi connectivity index (χ2n) is 3.04. The van der Waals surface area contributed by atoms with Crippen molar-refractivity contribution >= 4 is 6.09 Å². The van der Waals surface area contributed by atoms with Crippen molar-refractivity contribution in [3.8, 4) is 5.75 Å². The standard InChI is InChI=1S/C9H9FN2O3/c10-8-2-1-6(3-11-8)14-5-7-4-12-9(13)15-7/h1-3,7H,4-5H2,(H,12,13). The Balaban J connectivity index is 1.83. The lowest BCUT2D eigenvalue weighted by atomic mass is 10.4. The lowest BCUT2D eigenvalue weighted by molar-refractivity contribution is 0.104. The van der Waals surface area contributed by atoms with Gasteiger partial charge in [-0.15, -0.1) is 0 Å². The van der Waals surface area contributed by atoms with Crippen LogP contribution in [-0.2, 0) is 4.74 Å². The molecule has 80 valence electrons. The van der Waals surface area contributed by atoms with Crippen LogP contribution in [0.4, 0.5) is 9.18 Å². The summed E-state index contributed by atoms with van der Waals surface area (Å²) in [5.74, 6) is -0.115. The maximum atomic E-state index is 12.4. The number of carbonyl (C=O) groups is 1. The minimum Gasteiger partial charge on any atom is -0.488 e. The van der Waals surface area contributed by atoms with Crippen molar-refractivity contribution in [3.63, 3.8) is 0 Å². The quantitative estimate of drug-likeness (QED) is 0.749. The van der Waals surface area contributed by atoms with E-state index < -0.39 is 12.0 Å². The average molecular weight is 212 g/mol. The van der Waals surface area contributed by atoms with Crippen LogP contribution in [0, 0.1) is 5.95 Å². The Morgan fingerprint density at radius 3 is 3.13 bits per heavy atom. The van der Waals surface area contributed by atoms with Crippen LogP contribution < -0.4 is 10.1 Å². The van der Waals surface area contributed by atoms with Gasteiger partial charge in [-0.05, 0) is 12.1 Å². The minimum absolute atomic E-state index is 0.228. The van der Waals surface area contributed by atoms with Crippen LogP contribution in [0.15, 0.2) is 18.3 Å². The number of rotatable bonds is 3. The molecule has 0 spiro atoms. The molecule has 0 saturated carbocycles. The number of nitrogens with zero attached hydrogens (tertiary/aromatic N) is 1. The lowest BCUT2D eigenvalue weighted by Gasteiger charge is -2.09. The van der Waals surface area contributed by atoms with E-state index in [1.54, 1.807) is 0 Å². The van der Waals surface area contributed by atoms with E-state index >= 15 is 0 Å². The fourth-order valence-corrected chi connectivity index (χ4v) is 1.16. The molecule has 1 atom stereocenters. The second kappa shape index (κ2) is 4.12. The van der Waals surface area contributed by atoms with Crippen LogP contribution in [0.25, 0.3) is 0 Å². The highest BCUT2D eigenvalue weighted by molar-refractivity contribution is 5.69. The molecule has 1 aromatic heterocycles. The predicted octanol–water partition coefficient (Wildman–Crippen LogP) is 0.708. The van der Waals surface area contributed by atoms with Gasteiger partial charge in [0.25, 0.3) is 0 Å². The van der Waals surface area contributed by atoms with Gasteiger partial charge < -0.3 is 14.8 Å². The van der Waals surface area contributed by atoms with Gasteiger partial charge in [0, 0.05) is 0 Å². The van der Waals surface area contributed by atoms with Gasteiger partial charge in [-0.1, -0.05) is 0 Å². The molecule has 2 heterocycles. The molecule has 0 bridgehead atoms. The Kier molecular flexibility index (Phi) is 2.66. The van der Waals surface area contributed by atoms with Crippen molar-refractivity contribution in [2.75, 3.05) is 13.2 Å². The van der Waals surface area contributed by atoms with Gasteiger partial charge in [-0.25, -0.2) is 9.78 Å². The third-order valence-electron chi connectivity index (χ3n) is 1.88. The fraction of sp³-hybridized carbons (Fsp3) is 0.333. The number of halogens is 1. The van der Waals surface area contributed by atoms with Crippen molar-refractivity contribution in [3.05, 3.63) is 24.3 Å². The van der Waals surface area contributed by atoms with Crippen LogP contribution in [0.5, 0.6) is 5.75 Å². The molecule has 15 heavy (non-hydrogen) atoms. The smallest absolute Gasteiger partial charge is 0.407 e. The summed E-state index contributed by atoms with van der Waals surface area (Å²) >= 11 is 0. The molecular formula is C9H9FN2O3. The lowest BCUT2D eigenvalue weighted by Crippen LogP contribution is -2.21. The summed E-state index contributed by atoms with van der Waals surface area (Å²) in [5.41, 5.74) is 0. The van der Waals surface area contributed by atoms with Crippen LogP contribution in [-0.4, -0.2) is 30.3 Å². The maximum Gasteiger partial charge on any atom is 0.407 e. The van der Waals surface area contributed by atoms with Gasteiger partial charge in [-0.3, -0.25) is 0 Å². The maximum absolute atomic E-state index is 12.4. The van der Waals surface area contributed by atoms with E-state index in [1.807, 2.05) is 0 Å². The highest BCUT2D eigenvalue weighted by Crippen LogP contribution is 2.10. The Morgan fingerprint density at radius 2 is 2.53 bits per heavy atom. The minimum atomic E-state index is -0.559. The summed E-state index contributed by atoms with van der Waals surface area (Å²) < 4.78 is 22.5. The summed E-state index contributed by atoms with van der Waals surface area (Å²) in [7, 11) is 0. The van der Waals surface area contributed by atoms with Crippen LogP contribution in [0.1, 0.15) is 0 Å². The van der Waals surface area contributed by atoms with E-state index in [2.05, 4.69) is 10.3 Å². The van der Waals surface area contributed by atoms with Gasteiger partial charge in [0.15, 0.2) is 6.10 Å². The summed E-state index contributed by atoms with van der Waals surface area (Å²) in [6.07, 6.45) is 0.530. The summed E-state index contributed by atoms with van der Waals surface area (Å²) in [4.78, 5) is 14.1. The van der Waals surface area contributed by atoms with Gasteiger partial charge in [-0.2, -0.15) is 4.39 Å². The van der Waals surface area contributed by atoms with Crippen molar-refractivity contribution in [2.45, 2.75) is 6.10 Å². The Labute approximate surface area is 85.2 Å². The molecule has 0 radical (unpaired) electrons. The largest absolute Gasteiger partial charge is 0.488 e. The van der Waals surface area contributed by atoms with E-state index in [1.165, 1.54) is 18.3 Å². The molecule has 1 unspecified atom stereocenters. The molecule has 0 aromatic carbocycles. The molecule has 1 fully saturated rings. The Bertz CT molecular complexity index is 355. The van der Waals surface area contributed by atoms with E-state index in [0.29, 0.717) is 12.3 Å². The van der Waals surface area contributed by atoms with E-state index in [0.717, 1.165) is 0 Å². The Morgan fingerprint density at radius 1 is 1.67 bits per heavy atom. The number of nitrogens with one attached hydrogen (secondary N) is 1. The van der Waals surface area contributed by atoms with Gasteiger partial charge in [0.2, 0.25) is 5.95 Å². The third-order valence-corrected chi connectivity index (χ3v) is 1.88. The number of carbonyl (C=O) groups excluding carboxylic acids is 1. The molecular weight excluding hydrogens is 203 g/mol. The summed E-state index contributed by atoms with van der Waals surface area (Å²) in [6, 6.07) is 2.67. The van der Waals surface area contributed by atoms with Crippen molar-refractivity contribution < 1.29 is 18.7 Å². The van der Waals surface area contributed by atoms with E-state index in [4.69, 9.17) is 9.47 Å². The van der Waals surface area contributed by atoms with Gasteiger partial charge >= 0.3 is 6.09 Å². The molecule has 1 aromatic rings. The van der Waals surface area contributed by atoms with Crippen LogP contribution in [0.3, 0.4) is 0 Å². The molecule has 6 heteroatoms. The number of hydrogen-bond donors (Lipinski definition) is 1. The normalized spacial score (nSPS) is 19.5. The topological polar surface area (TPSA) is 60.5 Å². The molecule has 1 N–H and O–H groups in total. The SMILES string of the molecule is O=C1NCC(COc2ccc(F)nc2)O1. The number of hydrogen-bond acceptors (Lipinski definition) is 4. The average Bonchev–Trinajstić information content (AvgIpc) is 2.64. The predicted molar refractivity (Wildman–Crippen MR) is 48.0 cm³/mol. The molecule has 5 nitrogen and oxygen atoms in total. The highest BCUT2D eigenvalue weighted by atomic mass is 19.1. The van der Waals surface area contributed by atoms with Gasteiger partial charge in [0.1, 0.15) is 12.4 Å². The number of amides is 1. The van der Waals surface area contributed by atoms with Crippen molar-refractivity contribution in [2.24, 2.45) is 0 Å².